The van der Waals surface area contributed by atoms with Crippen LogP contribution in [0.3, 0.4) is 0 Å². The van der Waals surface area contributed by atoms with Crippen molar-refractivity contribution in [2.24, 2.45) is 0 Å². The Hall–Kier alpha value is -1.88. The smallest absolute Gasteiger partial charge is 0.253 e. The molecular formula is C15H20N2O3. The van der Waals surface area contributed by atoms with Crippen LogP contribution in [-0.4, -0.2) is 41.0 Å². The van der Waals surface area contributed by atoms with E-state index in [9.17, 15) is 14.7 Å². The highest BCUT2D eigenvalue weighted by atomic mass is 16.3. The molecule has 5 heteroatoms. The number of nitrogens with zero attached hydrogens (tertiary/aromatic N) is 1. The SMILES string of the molecule is CC(=O)NCc1ccc(C(=O)N2CCCC(O)C2)cc1. The normalized spacial score (nSPS) is 18.7. The van der Waals surface area contributed by atoms with Gasteiger partial charge in [-0.25, -0.2) is 0 Å². The lowest BCUT2D eigenvalue weighted by atomic mass is 10.1. The number of aliphatic hydroxyl groups excluding tert-OH is 1. The van der Waals surface area contributed by atoms with E-state index in [1.165, 1.54) is 6.92 Å². The van der Waals surface area contributed by atoms with Crippen LogP contribution in [0.4, 0.5) is 0 Å². The van der Waals surface area contributed by atoms with Crippen LogP contribution in [0, 0.1) is 0 Å². The van der Waals surface area contributed by atoms with Crippen molar-refractivity contribution in [2.75, 3.05) is 13.1 Å². The van der Waals surface area contributed by atoms with Crippen molar-refractivity contribution < 1.29 is 14.7 Å². The van der Waals surface area contributed by atoms with E-state index >= 15 is 0 Å². The number of β-amino-alcohol motifs (C(OH)–C–C–N with tert-alkyl or cyclic N) is 1. The molecule has 5 nitrogen and oxygen atoms in total. The maximum atomic E-state index is 12.3. The van der Waals surface area contributed by atoms with Gasteiger partial charge >= 0.3 is 0 Å². The summed E-state index contributed by atoms with van der Waals surface area (Å²) >= 11 is 0. The molecule has 0 bridgehead atoms. The van der Waals surface area contributed by atoms with Crippen LogP contribution in [0.5, 0.6) is 0 Å². The zero-order chi connectivity index (χ0) is 14.5. The number of rotatable bonds is 3. The van der Waals surface area contributed by atoms with E-state index in [-0.39, 0.29) is 11.8 Å². The van der Waals surface area contributed by atoms with Gasteiger partial charge in [-0.15, -0.1) is 0 Å². The summed E-state index contributed by atoms with van der Waals surface area (Å²) in [4.78, 5) is 24.8. The molecule has 0 radical (unpaired) electrons. The van der Waals surface area contributed by atoms with Crippen LogP contribution >= 0.6 is 0 Å². The Morgan fingerprint density at radius 1 is 1.35 bits per heavy atom. The van der Waals surface area contributed by atoms with Crippen molar-refractivity contribution in [3.05, 3.63) is 35.4 Å². The first kappa shape index (κ1) is 14.5. The average molecular weight is 276 g/mol. The van der Waals surface area contributed by atoms with E-state index in [0.29, 0.717) is 25.2 Å². The van der Waals surface area contributed by atoms with Gasteiger partial charge in [0.1, 0.15) is 0 Å². The number of likely N-dealkylation sites (tertiary alicyclic amines) is 1. The number of hydrogen-bond acceptors (Lipinski definition) is 3. The van der Waals surface area contributed by atoms with Crippen LogP contribution in [0.15, 0.2) is 24.3 Å². The highest BCUT2D eigenvalue weighted by Crippen LogP contribution is 2.14. The molecule has 2 amide bonds. The first-order valence-corrected chi connectivity index (χ1v) is 6.87. The number of hydrogen-bond donors (Lipinski definition) is 2. The largest absolute Gasteiger partial charge is 0.391 e. The summed E-state index contributed by atoms with van der Waals surface area (Å²) in [5, 5.41) is 12.3. The molecule has 0 saturated carbocycles. The van der Waals surface area contributed by atoms with Crippen molar-refractivity contribution >= 4 is 11.8 Å². The van der Waals surface area contributed by atoms with Gasteiger partial charge in [-0.3, -0.25) is 9.59 Å². The van der Waals surface area contributed by atoms with Gasteiger partial charge in [0.25, 0.3) is 5.91 Å². The van der Waals surface area contributed by atoms with E-state index < -0.39 is 6.10 Å². The molecule has 2 N–H and O–H groups in total. The predicted octanol–water partition coefficient (Wildman–Crippen LogP) is 0.920. The fourth-order valence-electron chi connectivity index (χ4n) is 2.31. The molecule has 108 valence electrons. The van der Waals surface area contributed by atoms with Gasteiger partial charge in [-0.05, 0) is 30.5 Å². The molecule has 1 unspecified atom stereocenters. The summed E-state index contributed by atoms with van der Waals surface area (Å²) in [5.41, 5.74) is 1.57. The van der Waals surface area contributed by atoms with Crippen LogP contribution in [0.2, 0.25) is 0 Å². The Morgan fingerprint density at radius 3 is 2.65 bits per heavy atom. The molecule has 1 atom stereocenters. The molecule has 0 aromatic heterocycles. The van der Waals surface area contributed by atoms with Crippen LogP contribution in [0.25, 0.3) is 0 Å². The topological polar surface area (TPSA) is 69.6 Å². The molecule has 1 fully saturated rings. The molecule has 1 aliphatic heterocycles. The second-order valence-electron chi connectivity index (χ2n) is 5.15. The summed E-state index contributed by atoms with van der Waals surface area (Å²) in [7, 11) is 0. The Labute approximate surface area is 118 Å². The van der Waals surface area contributed by atoms with Gasteiger partial charge in [-0.1, -0.05) is 12.1 Å². The number of carbonyl (C=O) groups is 2. The van der Waals surface area contributed by atoms with E-state index in [2.05, 4.69) is 5.32 Å². The highest BCUT2D eigenvalue weighted by Gasteiger charge is 2.22. The van der Waals surface area contributed by atoms with Crippen LogP contribution in [0.1, 0.15) is 35.7 Å². The molecule has 2 rings (SSSR count). The molecule has 1 aromatic carbocycles. The summed E-state index contributed by atoms with van der Waals surface area (Å²) in [6.07, 6.45) is 1.19. The standard InChI is InChI=1S/C15H20N2O3/c1-11(18)16-9-12-4-6-13(7-5-12)15(20)17-8-2-3-14(19)10-17/h4-7,14,19H,2-3,8-10H2,1H3,(H,16,18). The Morgan fingerprint density at radius 2 is 2.05 bits per heavy atom. The van der Waals surface area contributed by atoms with Crippen molar-refractivity contribution in [3.63, 3.8) is 0 Å². The number of aliphatic hydroxyl groups is 1. The average Bonchev–Trinajstić information content (AvgIpc) is 2.45. The lowest BCUT2D eigenvalue weighted by Crippen LogP contribution is -2.42. The number of piperidine rings is 1. The van der Waals surface area contributed by atoms with Crippen molar-refractivity contribution in [1.29, 1.82) is 0 Å². The first-order chi connectivity index (χ1) is 9.56. The number of carbonyl (C=O) groups excluding carboxylic acids is 2. The maximum Gasteiger partial charge on any atom is 0.253 e. The third kappa shape index (κ3) is 3.81. The highest BCUT2D eigenvalue weighted by molar-refractivity contribution is 5.94. The molecule has 1 aliphatic rings. The predicted molar refractivity (Wildman–Crippen MR) is 75.1 cm³/mol. The first-order valence-electron chi connectivity index (χ1n) is 6.87. The van der Waals surface area contributed by atoms with Gasteiger partial charge in [0.05, 0.1) is 6.10 Å². The van der Waals surface area contributed by atoms with E-state index in [1.54, 1.807) is 17.0 Å². The summed E-state index contributed by atoms with van der Waals surface area (Å²) < 4.78 is 0. The minimum atomic E-state index is -0.410. The number of benzene rings is 1. The second kappa shape index (κ2) is 6.52. The fraction of sp³-hybridized carbons (Fsp3) is 0.467. The van der Waals surface area contributed by atoms with E-state index in [1.807, 2.05) is 12.1 Å². The lowest BCUT2D eigenvalue weighted by molar-refractivity contribution is -0.119. The summed E-state index contributed by atoms with van der Waals surface area (Å²) in [6.45, 7) is 3.04. The number of nitrogens with one attached hydrogen (secondary N) is 1. The Bertz CT molecular complexity index is 484. The third-order valence-electron chi connectivity index (χ3n) is 3.43. The van der Waals surface area contributed by atoms with Gasteiger partial charge in [0.15, 0.2) is 0 Å². The van der Waals surface area contributed by atoms with Crippen molar-refractivity contribution in [2.45, 2.75) is 32.4 Å². The van der Waals surface area contributed by atoms with Crippen molar-refractivity contribution in [3.8, 4) is 0 Å². The van der Waals surface area contributed by atoms with Crippen LogP contribution in [-0.2, 0) is 11.3 Å². The van der Waals surface area contributed by atoms with E-state index in [4.69, 9.17) is 0 Å². The molecule has 1 heterocycles. The number of amides is 2. The molecule has 0 spiro atoms. The molecule has 0 aliphatic carbocycles. The lowest BCUT2D eigenvalue weighted by Gasteiger charge is -2.30. The van der Waals surface area contributed by atoms with Gasteiger partial charge in [0.2, 0.25) is 5.91 Å². The molecule has 20 heavy (non-hydrogen) atoms. The van der Waals surface area contributed by atoms with Crippen LogP contribution < -0.4 is 5.32 Å². The van der Waals surface area contributed by atoms with E-state index in [0.717, 1.165) is 18.4 Å². The zero-order valence-corrected chi connectivity index (χ0v) is 11.6. The minimum absolute atomic E-state index is 0.0465. The molecule has 1 aromatic rings. The summed E-state index contributed by atoms with van der Waals surface area (Å²) in [6, 6.07) is 7.20. The zero-order valence-electron chi connectivity index (χ0n) is 11.6. The molecular weight excluding hydrogens is 256 g/mol. The Balaban J connectivity index is 1.98. The Kier molecular flexibility index (Phi) is 4.74. The second-order valence-corrected chi connectivity index (χ2v) is 5.15. The minimum Gasteiger partial charge on any atom is -0.391 e. The molecule has 1 saturated heterocycles. The fourth-order valence-corrected chi connectivity index (χ4v) is 2.31. The summed E-state index contributed by atoms with van der Waals surface area (Å²) in [5.74, 6) is -0.123. The quantitative estimate of drug-likeness (QED) is 0.862. The maximum absolute atomic E-state index is 12.3. The van der Waals surface area contributed by atoms with Gasteiger partial charge in [0, 0.05) is 32.1 Å². The van der Waals surface area contributed by atoms with Gasteiger partial charge < -0.3 is 15.3 Å². The monoisotopic (exact) mass is 276 g/mol. The third-order valence-corrected chi connectivity index (χ3v) is 3.43. The van der Waals surface area contributed by atoms with Crippen molar-refractivity contribution in [1.82, 2.24) is 10.2 Å². The van der Waals surface area contributed by atoms with Gasteiger partial charge in [-0.2, -0.15) is 0 Å².